The summed E-state index contributed by atoms with van der Waals surface area (Å²) in [6.07, 6.45) is 14.9. The van der Waals surface area contributed by atoms with E-state index < -0.39 is 5.92 Å². The quantitative estimate of drug-likeness (QED) is 0.109. The van der Waals surface area contributed by atoms with Crippen LogP contribution in [-0.4, -0.2) is 18.4 Å². The zero-order chi connectivity index (χ0) is 23.1. The second kappa shape index (κ2) is 16.1. The van der Waals surface area contributed by atoms with Gasteiger partial charge in [0, 0.05) is 5.56 Å². The number of benzene rings is 1. The highest BCUT2D eigenvalue weighted by Crippen LogP contribution is 2.24. The average Bonchev–Trinajstić information content (AvgIpc) is 2.71. The fourth-order valence-corrected chi connectivity index (χ4v) is 4.37. The molecule has 0 saturated heterocycles. The number of esters is 1. The van der Waals surface area contributed by atoms with Gasteiger partial charge in [0.25, 0.3) is 0 Å². The minimum atomic E-state index is -0.678. The molecule has 0 N–H and O–H groups in total. The molecule has 1 atom stereocenters. The van der Waals surface area contributed by atoms with Gasteiger partial charge in [-0.25, -0.2) is 0 Å². The van der Waals surface area contributed by atoms with Gasteiger partial charge in [-0.3, -0.25) is 9.59 Å². The molecule has 0 aliphatic carbocycles. The Bertz CT molecular complexity index is 639. The van der Waals surface area contributed by atoms with Gasteiger partial charge in [0.15, 0.2) is 5.78 Å². The van der Waals surface area contributed by atoms with Crippen LogP contribution in [0.15, 0.2) is 12.1 Å². The number of Topliss-reactive ketones (excluding diaryl/α,β-unsaturated/α-hetero) is 1. The summed E-state index contributed by atoms with van der Waals surface area (Å²) >= 11 is 0. The number of unbranched alkanes of at least 4 members (excludes halogenated alkanes) is 10. The summed E-state index contributed by atoms with van der Waals surface area (Å²) in [5.74, 6) is -1.09. The topological polar surface area (TPSA) is 43.4 Å². The summed E-state index contributed by atoms with van der Waals surface area (Å²) in [6.45, 7) is 10.7. The maximum atomic E-state index is 13.2. The Labute approximate surface area is 191 Å². The Morgan fingerprint density at radius 3 is 1.74 bits per heavy atom. The lowest BCUT2D eigenvalue weighted by atomic mass is 9.87. The van der Waals surface area contributed by atoms with Crippen molar-refractivity contribution in [3.05, 3.63) is 34.4 Å². The van der Waals surface area contributed by atoms with Crippen molar-refractivity contribution in [2.75, 3.05) is 6.61 Å². The van der Waals surface area contributed by atoms with E-state index in [9.17, 15) is 9.59 Å². The number of ketones is 1. The van der Waals surface area contributed by atoms with Crippen LogP contribution in [-0.2, 0) is 9.53 Å². The van der Waals surface area contributed by atoms with Crippen molar-refractivity contribution < 1.29 is 14.3 Å². The van der Waals surface area contributed by atoms with E-state index in [-0.39, 0.29) is 11.8 Å². The second-order valence-corrected chi connectivity index (χ2v) is 9.18. The van der Waals surface area contributed by atoms with Gasteiger partial charge >= 0.3 is 5.97 Å². The molecule has 0 aromatic heterocycles. The number of ether oxygens (including phenoxy) is 1. The van der Waals surface area contributed by atoms with Gasteiger partial charge in [-0.1, -0.05) is 102 Å². The molecule has 3 heteroatoms. The highest BCUT2D eigenvalue weighted by molar-refractivity contribution is 6.10. The molecule has 3 nitrogen and oxygen atoms in total. The van der Waals surface area contributed by atoms with Crippen LogP contribution in [0.4, 0.5) is 0 Å². The molecule has 1 aromatic rings. The molecule has 0 aliphatic heterocycles. The molecular formula is C28H46O3. The number of carbonyl (C=O) groups is 2. The van der Waals surface area contributed by atoms with Gasteiger partial charge in [0.05, 0.1) is 6.61 Å². The molecule has 0 bridgehead atoms. The van der Waals surface area contributed by atoms with Crippen LogP contribution < -0.4 is 0 Å². The lowest BCUT2D eigenvalue weighted by Gasteiger charge is -2.18. The third-order valence-electron chi connectivity index (χ3n) is 6.11. The molecule has 0 saturated carbocycles. The molecule has 1 aromatic carbocycles. The molecular weight excluding hydrogens is 384 g/mol. The van der Waals surface area contributed by atoms with Crippen LogP contribution in [0.25, 0.3) is 0 Å². The third kappa shape index (κ3) is 10.5. The Balaban J connectivity index is 2.45. The normalized spacial score (nSPS) is 12.0. The van der Waals surface area contributed by atoms with Crippen molar-refractivity contribution in [3.63, 3.8) is 0 Å². The van der Waals surface area contributed by atoms with E-state index in [4.69, 9.17) is 4.74 Å². The van der Waals surface area contributed by atoms with Gasteiger partial charge in [0.2, 0.25) is 0 Å². The predicted octanol–water partition coefficient (Wildman–Crippen LogP) is 8.07. The monoisotopic (exact) mass is 430 g/mol. The lowest BCUT2D eigenvalue weighted by Crippen LogP contribution is -2.28. The zero-order valence-corrected chi connectivity index (χ0v) is 20.9. The highest BCUT2D eigenvalue weighted by atomic mass is 16.5. The molecule has 31 heavy (non-hydrogen) atoms. The van der Waals surface area contributed by atoms with Crippen LogP contribution >= 0.6 is 0 Å². The summed E-state index contributed by atoms with van der Waals surface area (Å²) in [7, 11) is 0. The number of hydrogen-bond acceptors (Lipinski definition) is 3. The van der Waals surface area contributed by atoms with Crippen molar-refractivity contribution in [1.82, 2.24) is 0 Å². The van der Waals surface area contributed by atoms with E-state index >= 15 is 0 Å². The third-order valence-corrected chi connectivity index (χ3v) is 6.11. The smallest absolute Gasteiger partial charge is 0.316 e. The Morgan fingerprint density at radius 1 is 0.742 bits per heavy atom. The van der Waals surface area contributed by atoms with E-state index in [2.05, 4.69) is 13.8 Å². The first-order valence-corrected chi connectivity index (χ1v) is 12.7. The fraction of sp³-hybridized carbons (Fsp3) is 0.714. The minimum Gasteiger partial charge on any atom is -0.465 e. The molecule has 176 valence electrons. The number of carbonyl (C=O) groups excluding carboxylic acids is 2. The number of aryl methyl sites for hydroxylation is 3. The largest absolute Gasteiger partial charge is 0.465 e. The minimum absolute atomic E-state index is 0.0727. The van der Waals surface area contributed by atoms with E-state index in [1.165, 1.54) is 51.4 Å². The van der Waals surface area contributed by atoms with Gasteiger partial charge in [-0.05, 0) is 44.7 Å². The van der Waals surface area contributed by atoms with Crippen LogP contribution in [0, 0.1) is 26.7 Å². The highest BCUT2D eigenvalue weighted by Gasteiger charge is 2.30. The summed E-state index contributed by atoms with van der Waals surface area (Å²) in [5, 5.41) is 0. The van der Waals surface area contributed by atoms with Gasteiger partial charge in [0.1, 0.15) is 5.92 Å². The average molecular weight is 431 g/mol. The fourth-order valence-electron chi connectivity index (χ4n) is 4.37. The van der Waals surface area contributed by atoms with Crippen LogP contribution in [0.3, 0.4) is 0 Å². The maximum Gasteiger partial charge on any atom is 0.316 e. The predicted molar refractivity (Wildman–Crippen MR) is 131 cm³/mol. The Morgan fingerprint density at radius 2 is 1.23 bits per heavy atom. The van der Waals surface area contributed by atoms with E-state index in [1.807, 2.05) is 32.9 Å². The first kappa shape index (κ1) is 27.4. The maximum absolute atomic E-state index is 13.2. The molecule has 1 unspecified atom stereocenters. The van der Waals surface area contributed by atoms with E-state index in [0.29, 0.717) is 18.6 Å². The summed E-state index contributed by atoms with van der Waals surface area (Å²) in [5.41, 5.74) is 3.74. The number of rotatable bonds is 17. The molecule has 0 amide bonds. The molecule has 0 spiro atoms. The van der Waals surface area contributed by atoms with Crippen molar-refractivity contribution in [2.24, 2.45) is 5.92 Å². The Hall–Kier alpha value is -1.64. The standard InChI is InChI=1S/C28H46O3/c1-6-8-10-11-12-13-14-15-16-17-19-31-28(30)25(18-9-7-2)27(29)26-23(4)20-22(3)21-24(26)5/h20-21,25H,6-19H2,1-5H3. The van der Waals surface area contributed by atoms with Crippen molar-refractivity contribution >= 4 is 11.8 Å². The van der Waals surface area contributed by atoms with Crippen molar-refractivity contribution in [2.45, 2.75) is 118 Å². The van der Waals surface area contributed by atoms with Gasteiger partial charge < -0.3 is 4.74 Å². The lowest BCUT2D eigenvalue weighted by molar-refractivity contribution is -0.147. The van der Waals surface area contributed by atoms with Gasteiger partial charge in [-0.2, -0.15) is 0 Å². The molecule has 0 heterocycles. The SMILES string of the molecule is CCCCCCCCCCCCOC(=O)C(CCCC)C(=O)c1c(C)cc(C)cc1C. The van der Waals surface area contributed by atoms with Crippen molar-refractivity contribution in [1.29, 1.82) is 0 Å². The summed E-state index contributed by atoms with van der Waals surface area (Å²) in [4.78, 5) is 26.0. The first-order valence-electron chi connectivity index (χ1n) is 12.7. The van der Waals surface area contributed by atoms with Crippen molar-refractivity contribution in [3.8, 4) is 0 Å². The number of hydrogen-bond donors (Lipinski definition) is 0. The van der Waals surface area contributed by atoms with Gasteiger partial charge in [-0.15, -0.1) is 0 Å². The first-order chi connectivity index (χ1) is 14.9. The second-order valence-electron chi connectivity index (χ2n) is 9.18. The summed E-state index contributed by atoms with van der Waals surface area (Å²) in [6, 6.07) is 4.04. The van der Waals surface area contributed by atoms with Crippen LogP contribution in [0.5, 0.6) is 0 Å². The zero-order valence-electron chi connectivity index (χ0n) is 20.9. The van der Waals surface area contributed by atoms with E-state index in [0.717, 1.165) is 42.4 Å². The van der Waals surface area contributed by atoms with Crippen LogP contribution in [0.2, 0.25) is 0 Å². The van der Waals surface area contributed by atoms with Crippen LogP contribution in [0.1, 0.15) is 124 Å². The molecule has 0 fully saturated rings. The summed E-state index contributed by atoms with van der Waals surface area (Å²) < 4.78 is 5.56. The molecule has 0 radical (unpaired) electrons. The molecule has 0 aliphatic rings. The Kier molecular flexibility index (Phi) is 14.2. The molecule has 1 rings (SSSR count). The van der Waals surface area contributed by atoms with E-state index in [1.54, 1.807) is 0 Å².